The van der Waals surface area contributed by atoms with E-state index in [0.29, 0.717) is 11.4 Å². The average Bonchev–Trinajstić information content (AvgIpc) is 2.83. The van der Waals surface area contributed by atoms with Crippen molar-refractivity contribution in [2.45, 2.75) is 13.8 Å². The number of nitrogens with zero attached hydrogens (tertiary/aromatic N) is 2. The molecular formula is C30H24N2O2Pt. The summed E-state index contributed by atoms with van der Waals surface area (Å²) in [6, 6.07) is 28.4. The summed E-state index contributed by atoms with van der Waals surface area (Å²) in [4.78, 5) is 9.81. The molecule has 5 heteroatoms. The topological polar surface area (TPSA) is 66.2 Å². The number of aromatic nitrogens is 2. The molecule has 0 unspecified atom stereocenters. The van der Waals surface area contributed by atoms with Crippen LogP contribution in [0.2, 0.25) is 0 Å². The van der Waals surface area contributed by atoms with Crippen molar-refractivity contribution < 1.29 is 31.3 Å². The summed E-state index contributed by atoms with van der Waals surface area (Å²) < 4.78 is 0. The molecule has 2 heterocycles. The second-order valence-corrected chi connectivity index (χ2v) is 8.35. The summed E-state index contributed by atoms with van der Waals surface area (Å²) in [5.74, 6) is 0.368. The minimum atomic E-state index is 0. The number of fused-ring (bicyclic) bond motifs is 3. The predicted octanol–water partition coefficient (Wildman–Crippen LogP) is 7.95. The largest absolute Gasteiger partial charge is 0.513 e. The van der Waals surface area contributed by atoms with Crippen LogP contribution < -0.4 is 0 Å². The first kappa shape index (κ1) is 24.4. The summed E-state index contributed by atoms with van der Waals surface area (Å²) in [6.45, 7) is 3.27. The molecule has 35 heavy (non-hydrogen) atoms. The van der Waals surface area contributed by atoms with Gasteiger partial charge in [-0.15, -0.1) is 0 Å². The van der Waals surface area contributed by atoms with Crippen molar-refractivity contribution in [1.29, 1.82) is 0 Å². The summed E-state index contributed by atoms with van der Waals surface area (Å²) in [5.41, 5.74) is 6.95. The summed E-state index contributed by atoms with van der Waals surface area (Å²) >= 11 is 0. The first-order valence-electron chi connectivity index (χ1n) is 11.1. The Labute approximate surface area is 218 Å². The molecule has 0 atom stereocenters. The number of pyridine rings is 2. The summed E-state index contributed by atoms with van der Waals surface area (Å²) in [7, 11) is 0. The number of aliphatic hydroxyl groups excluding tert-OH is 2. The number of hydrogen-bond donors (Lipinski definition) is 2. The standard InChI is InChI=1S/C30H24N2O2.Pt/c1-19(33)15-23-17-27(21-9-5-3-6-10-21)25-13-14-26-28(22-11-7-4-8-12-22)18-24(16-20(2)34)32-30(26)29(25)31-23;/h3-18,33-34H,1-2H3;/b19-15-,20-16-;. The van der Waals surface area contributed by atoms with E-state index in [1.54, 1.807) is 26.0 Å². The minimum absolute atomic E-state index is 0. The van der Waals surface area contributed by atoms with Crippen LogP contribution in [0.3, 0.4) is 0 Å². The number of allylic oxidation sites excluding steroid dienone is 2. The number of rotatable bonds is 4. The van der Waals surface area contributed by atoms with E-state index in [1.807, 2.05) is 48.5 Å². The van der Waals surface area contributed by atoms with E-state index in [0.717, 1.165) is 44.1 Å². The van der Waals surface area contributed by atoms with E-state index >= 15 is 0 Å². The fraction of sp³-hybridized carbons (Fsp3) is 0.0667. The third-order valence-electron chi connectivity index (χ3n) is 5.68. The molecule has 2 aromatic heterocycles. The monoisotopic (exact) mass is 639 g/mol. The van der Waals surface area contributed by atoms with Crippen LogP contribution in [-0.4, -0.2) is 20.2 Å². The molecular weight excluding hydrogens is 615 g/mol. The van der Waals surface area contributed by atoms with Crippen LogP contribution in [0.4, 0.5) is 0 Å². The van der Waals surface area contributed by atoms with E-state index < -0.39 is 0 Å². The van der Waals surface area contributed by atoms with Gasteiger partial charge in [0.25, 0.3) is 0 Å². The third-order valence-corrected chi connectivity index (χ3v) is 5.68. The normalized spacial score (nSPS) is 12.1. The minimum Gasteiger partial charge on any atom is -0.513 e. The molecule has 0 spiro atoms. The number of hydrogen-bond acceptors (Lipinski definition) is 4. The molecule has 2 N–H and O–H groups in total. The van der Waals surface area contributed by atoms with Gasteiger partial charge in [-0.2, -0.15) is 0 Å². The molecule has 5 rings (SSSR count). The number of benzene rings is 3. The van der Waals surface area contributed by atoms with E-state index in [-0.39, 0.29) is 32.6 Å². The van der Waals surface area contributed by atoms with Gasteiger partial charge in [-0.1, -0.05) is 72.8 Å². The second kappa shape index (κ2) is 10.2. The quantitative estimate of drug-likeness (QED) is 0.155. The van der Waals surface area contributed by atoms with Gasteiger partial charge in [0.05, 0.1) is 33.9 Å². The Kier molecular flexibility index (Phi) is 7.14. The fourth-order valence-corrected chi connectivity index (χ4v) is 4.30. The molecule has 3 aromatic carbocycles. The maximum atomic E-state index is 9.96. The van der Waals surface area contributed by atoms with Crippen LogP contribution in [0.1, 0.15) is 25.2 Å². The predicted molar refractivity (Wildman–Crippen MR) is 140 cm³/mol. The summed E-state index contributed by atoms with van der Waals surface area (Å²) in [5, 5.41) is 21.9. The van der Waals surface area contributed by atoms with Crippen LogP contribution >= 0.6 is 0 Å². The first-order chi connectivity index (χ1) is 16.5. The number of aliphatic hydroxyl groups is 2. The van der Waals surface area contributed by atoms with Gasteiger partial charge in [-0.05, 0) is 48.2 Å². The van der Waals surface area contributed by atoms with Crippen molar-refractivity contribution in [2.75, 3.05) is 0 Å². The van der Waals surface area contributed by atoms with Gasteiger partial charge in [0, 0.05) is 44.0 Å². The molecule has 0 saturated heterocycles. The van der Waals surface area contributed by atoms with Gasteiger partial charge in [0.15, 0.2) is 0 Å². The molecule has 176 valence electrons. The Morgan fingerprint density at radius 2 is 0.971 bits per heavy atom. The van der Waals surface area contributed by atoms with Gasteiger partial charge < -0.3 is 10.2 Å². The van der Waals surface area contributed by atoms with Gasteiger partial charge in [0.1, 0.15) is 0 Å². The molecule has 0 radical (unpaired) electrons. The Hall–Kier alpha value is -3.75. The van der Waals surface area contributed by atoms with Crippen molar-refractivity contribution in [1.82, 2.24) is 9.97 Å². The zero-order valence-corrected chi connectivity index (χ0v) is 21.6. The van der Waals surface area contributed by atoms with Gasteiger partial charge in [-0.25, -0.2) is 9.97 Å². The van der Waals surface area contributed by atoms with Crippen LogP contribution in [0, 0.1) is 0 Å². The fourth-order valence-electron chi connectivity index (χ4n) is 4.30. The van der Waals surface area contributed by atoms with E-state index in [4.69, 9.17) is 9.97 Å². The van der Waals surface area contributed by atoms with Crippen molar-refractivity contribution in [3.05, 3.63) is 108 Å². The van der Waals surface area contributed by atoms with E-state index in [1.165, 1.54) is 0 Å². The molecule has 0 aliphatic carbocycles. The molecule has 0 aliphatic rings. The molecule has 0 aliphatic heterocycles. The third kappa shape index (κ3) is 5.03. The molecule has 0 fully saturated rings. The van der Waals surface area contributed by atoms with Gasteiger partial charge in [-0.3, -0.25) is 0 Å². The maximum Gasteiger partial charge on any atom is 0.0978 e. The van der Waals surface area contributed by atoms with Crippen molar-refractivity contribution in [2.24, 2.45) is 0 Å². The smallest absolute Gasteiger partial charge is 0.0978 e. The van der Waals surface area contributed by atoms with Crippen LogP contribution in [0.15, 0.2) is 96.4 Å². The Morgan fingerprint density at radius 1 is 0.600 bits per heavy atom. The first-order valence-corrected chi connectivity index (χ1v) is 11.1. The Morgan fingerprint density at radius 3 is 1.31 bits per heavy atom. The van der Waals surface area contributed by atoms with Crippen LogP contribution in [-0.2, 0) is 21.1 Å². The molecule has 5 aromatic rings. The molecule has 0 saturated carbocycles. The van der Waals surface area contributed by atoms with Crippen LogP contribution in [0.25, 0.3) is 56.2 Å². The zero-order chi connectivity index (χ0) is 23.7. The summed E-state index contributed by atoms with van der Waals surface area (Å²) in [6.07, 6.45) is 3.31. The molecule has 0 amide bonds. The SMILES string of the molecule is C/C(O)=C/c1cc(-c2ccccc2)c2ccc3c(-c4ccccc4)cc(/C=C(/C)O)nc3c2n1.[Pt]. The van der Waals surface area contributed by atoms with Gasteiger partial charge >= 0.3 is 0 Å². The maximum absolute atomic E-state index is 9.96. The second-order valence-electron chi connectivity index (χ2n) is 8.35. The van der Waals surface area contributed by atoms with E-state index in [9.17, 15) is 10.2 Å². The molecule has 0 bridgehead atoms. The zero-order valence-electron chi connectivity index (χ0n) is 19.3. The van der Waals surface area contributed by atoms with Crippen molar-refractivity contribution in [3.8, 4) is 22.3 Å². The average molecular weight is 640 g/mol. The van der Waals surface area contributed by atoms with Crippen molar-refractivity contribution >= 4 is 34.0 Å². The van der Waals surface area contributed by atoms with Crippen molar-refractivity contribution in [3.63, 3.8) is 0 Å². The van der Waals surface area contributed by atoms with E-state index in [2.05, 4.69) is 36.4 Å². The van der Waals surface area contributed by atoms with Gasteiger partial charge in [0.2, 0.25) is 0 Å². The Bertz CT molecular complexity index is 1450. The molecule has 4 nitrogen and oxygen atoms in total. The van der Waals surface area contributed by atoms with Crippen LogP contribution in [0.5, 0.6) is 0 Å². The Balaban J connectivity index is 0.00000289.